The number of fused-ring (bicyclic) bond motifs is 1. The number of amides is 1. The van der Waals surface area contributed by atoms with Crippen LogP contribution in [0.1, 0.15) is 26.3 Å². The highest BCUT2D eigenvalue weighted by molar-refractivity contribution is 7.17. The number of aromatic carboxylic acids is 1. The van der Waals surface area contributed by atoms with Gasteiger partial charge in [-0.3, -0.25) is 4.79 Å². The number of rotatable bonds is 8. The molecule has 4 aromatic rings. The zero-order valence-electron chi connectivity index (χ0n) is 18.3. The molecule has 0 atom stereocenters. The number of aromatic nitrogens is 1. The van der Waals surface area contributed by atoms with Crippen LogP contribution in [0.4, 0.5) is 11.5 Å². The summed E-state index contributed by atoms with van der Waals surface area (Å²) in [6, 6.07) is 11.9. The molecule has 4 N–H and O–H groups in total. The standard InChI is InChI=1S/C24H21N3O6S/c1-31-16-5-3-4-15(9-16)27-23(28)13-6-7-18(32-2)19(8-13)33-11-14-12-34-21-17(24(29)30)10-26-22(25)20(14)21/h3-10,12H,11H2,1-2H3,(H2,25,26)(H,27,28)(H,29,30). The van der Waals surface area contributed by atoms with E-state index in [-0.39, 0.29) is 23.9 Å². The van der Waals surface area contributed by atoms with Gasteiger partial charge in [-0.1, -0.05) is 6.07 Å². The number of methoxy groups -OCH3 is 2. The molecule has 2 aromatic heterocycles. The summed E-state index contributed by atoms with van der Waals surface area (Å²) in [5.41, 5.74) is 7.73. The van der Waals surface area contributed by atoms with Crippen LogP contribution in [0.5, 0.6) is 17.2 Å². The molecular weight excluding hydrogens is 458 g/mol. The third-order valence-electron chi connectivity index (χ3n) is 5.07. The Morgan fingerprint density at radius 3 is 2.68 bits per heavy atom. The normalized spacial score (nSPS) is 10.6. The van der Waals surface area contributed by atoms with Gasteiger partial charge < -0.3 is 30.4 Å². The van der Waals surface area contributed by atoms with Crippen LogP contribution >= 0.6 is 11.3 Å². The van der Waals surface area contributed by atoms with E-state index in [0.29, 0.717) is 44.1 Å². The van der Waals surface area contributed by atoms with Crippen LogP contribution in [-0.2, 0) is 6.61 Å². The van der Waals surface area contributed by atoms with Crippen LogP contribution < -0.4 is 25.3 Å². The summed E-state index contributed by atoms with van der Waals surface area (Å²) >= 11 is 1.25. The summed E-state index contributed by atoms with van der Waals surface area (Å²) in [7, 11) is 3.05. The monoisotopic (exact) mass is 479 g/mol. The lowest BCUT2D eigenvalue weighted by atomic mass is 10.1. The van der Waals surface area contributed by atoms with Gasteiger partial charge in [-0.15, -0.1) is 11.3 Å². The van der Waals surface area contributed by atoms with E-state index in [9.17, 15) is 14.7 Å². The van der Waals surface area contributed by atoms with Gasteiger partial charge in [-0.25, -0.2) is 9.78 Å². The number of hydrogen-bond donors (Lipinski definition) is 3. The number of thiophene rings is 1. The Morgan fingerprint density at radius 2 is 1.94 bits per heavy atom. The fourth-order valence-electron chi connectivity index (χ4n) is 3.38. The summed E-state index contributed by atoms with van der Waals surface area (Å²) in [4.78, 5) is 28.3. The maximum atomic E-state index is 12.8. The average Bonchev–Trinajstić information content (AvgIpc) is 3.27. The minimum absolute atomic E-state index is 0.0757. The molecule has 0 aliphatic heterocycles. The number of nitrogens with one attached hydrogen (secondary N) is 1. The number of carbonyl (C=O) groups excluding carboxylic acids is 1. The lowest BCUT2D eigenvalue weighted by Gasteiger charge is -2.13. The molecule has 0 radical (unpaired) electrons. The van der Waals surface area contributed by atoms with Crippen molar-refractivity contribution >= 4 is 44.8 Å². The maximum Gasteiger partial charge on any atom is 0.338 e. The van der Waals surface area contributed by atoms with Gasteiger partial charge in [0.05, 0.1) is 24.5 Å². The van der Waals surface area contributed by atoms with E-state index >= 15 is 0 Å². The zero-order valence-corrected chi connectivity index (χ0v) is 19.1. The molecule has 9 nitrogen and oxygen atoms in total. The van der Waals surface area contributed by atoms with E-state index in [2.05, 4.69) is 10.3 Å². The Hall–Kier alpha value is -4.31. The molecule has 34 heavy (non-hydrogen) atoms. The molecule has 2 aromatic carbocycles. The molecule has 1 amide bonds. The molecule has 0 aliphatic rings. The van der Waals surface area contributed by atoms with E-state index in [1.807, 2.05) is 0 Å². The largest absolute Gasteiger partial charge is 0.497 e. The molecule has 0 spiro atoms. The lowest BCUT2D eigenvalue weighted by molar-refractivity contribution is 0.0698. The molecule has 4 rings (SSSR count). The summed E-state index contributed by atoms with van der Waals surface area (Å²) < 4.78 is 17.0. The second-order valence-corrected chi connectivity index (χ2v) is 8.05. The topological polar surface area (TPSA) is 133 Å². The van der Waals surface area contributed by atoms with Crippen LogP contribution in [0.25, 0.3) is 10.1 Å². The van der Waals surface area contributed by atoms with E-state index < -0.39 is 5.97 Å². The Labute approximate surface area is 198 Å². The Kier molecular flexibility index (Phi) is 6.51. The Morgan fingerprint density at radius 1 is 1.12 bits per heavy atom. The molecule has 0 unspecified atom stereocenters. The highest BCUT2D eigenvalue weighted by atomic mass is 32.1. The van der Waals surface area contributed by atoms with Crippen molar-refractivity contribution in [2.24, 2.45) is 0 Å². The number of nitrogen functional groups attached to an aromatic ring is 1. The van der Waals surface area contributed by atoms with Gasteiger partial charge >= 0.3 is 5.97 Å². The van der Waals surface area contributed by atoms with Gasteiger partial charge in [0, 0.05) is 34.5 Å². The smallest absolute Gasteiger partial charge is 0.338 e. The predicted octanol–water partition coefficient (Wildman–Crippen LogP) is 4.43. The van der Waals surface area contributed by atoms with Crippen LogP contribution in [0.2, 0.25) is 0 Å². The number of nitrogens with two attached hydrogens (primary N) is 1. The van der Waals surface area contributed by atoms with E-state index in [1.54, 1.807) is 55.0 Å². The fourth-order valence-corrected chi connectivity index (χ4v) is 4.45. The molecule has 2 heterocycles. The van der Waals surface area contributed by atoms with Crippen molar-refractivity contribution in [3.63, 3.8) is 0 Å². The Balaban J connectivity index is 1.58. The van der Waals surface area contributed by atoms with Crippen molar-refractivity contribution in [3.05, 3.63) is 70.7 Å². The van der Waals surface area contributed by atoms with Crippen molar-refractivity contribution < 1.29 is 28.9 Å². The number of hydrogen-bond acceptors (Lipinski definition) is 8. The molecule has 0 aliphatic carbocycles. The summed E-state index contributed by atoms with van der Waals surface area (Å²) in [6.07, 6.45) is 1.24. The Bertz CT molecular complexity index is 1380. The van der Waals surface area contributed by atoms with Crippen LogP contribution in [0.3, 0.4) is 0 Å². The first kappa shape index (κ1) is 22.9. The number of nitrogens with zero attached hydrogens (tertiary/aromatic N) is 1. The number of pyridine rings is 1. The van der Waals surface area contributed by atoms with E-state index in [4.69, 9.17) is 19.9 Å². The third-order valence-corrected chi connectivity index (χ3v) is 6.13. The first-order chi connectivity index (χ1) is 16.4. The first-order valence-electron chi connectivity index (χ1n) is 10.1. The molecule has 0 saturated heterocycles. The van der Waals surface area contributed by atoms with Crippen LogP contribution in [0.15, 0.2) is 54.0 Å². The van der Waals surface area contributed by atoms with Crippen molar-refractivity contribution in [3.8, 4) is 17.2 Å². The molecular formula is C24H21N3O6S. The van der Waals surface area contributed by atoms with Crippen molar-refractivity contribution in [2.45, 2.75) is 6.61 Å². The van der Waals surface area contributed by atoms with Crippen LogP contribution in [0, 0.1) is 0 Å². The van der Waals surface area contributed by atoms with E-state index in [0.717, 1.165) is 0 Å². The zero-order chi connectivity index (χ0) is 24.2. The van der Waals surface area contributed by atoms with Gasteiger partial charge in [-0.2, -0.15) is 0 Å². The minimum atomic E-state index is -1.08. The second kappa shape index (κ2) is 9.67. The van der Waals surface area contributed by atoms with Crippen molar-refractivity contribution in [2.75, 3.05) is 25.3 Å². The number of anilines is 2. The average molecular weight is 480 g/mol. The highest BCUT2D eigenvalue weighted by Gasteiger charge is 2.18. The molecule has 10 heteroatoms. The number of benzene rings is 2. The minimum Gasteiger partial charge on any atom is -0.497 e. The number of carboxylic acid groups (broad SMARTS) is 1. The number of carboxylic acids is 1. The molecule has 0 saturated carbocycles. The first-order valence-corrected chi connectivity index (χ1v) is 10.9. The van der Waals surface area contributed by atoms with Gasteiger partial charge in [-0.05, 0) is 35.7 Å². The van der Waals surface area contributed by atoms with Gasteiger partial charge in [0.1, 0.15) is 18.2 Å². The lowest BCUT2D eigenvalue weighted by Crippen LogP contribution is -2.12. The fraction of sp³-hybridized carbons (Fsp3) is 0.125. The SMILES string of the molecule is COc1cccc(NC(=O)c2ccc(OC)c(OCc3csc4c(C(=O)O)cnc(N)c34)c2)c1. The van der Waals surface area contributed by atoms with Crippen molar-refractivity contribution in [1.29, 1.82) is 0 Å². The quantitative estimate of drug-likeness (QED) is 0.338. The molecule has 174 valence electrons. The van der Waals surface area contributed by atoms with Gasteiger partial charge in [0.15, 0.2) is 11.5 Å². The summed E-state index contributed by atoms with van der Waals surface area (Å²) in [6.45, 7) is 0.0757. The molecule has 0 fully saturated rings. The molecule has 0 bridgehead atoms. The number of ether oxygens (including phenoxy) is 3. The van der Waals surface area contributed by atoms with Crippen LogP contribution in [-0.4, -0.2) is 36.2 Å². The van der Waals surface area contributed by atoms with Gasteiger partial charge in [0.25, 0.3) is 5.91 Å². The summed E-state index contributed by atoms with van der Waals surface area (Å²) in [5.74, 6) is 0.220. The summed E-state index contributed by atoms with van der Waals surface area (Å²) in [5, 5.41) is 14.5. The van der Waals surface area contributed by atoms with Gasteiger partial charge in [0.2, 0.25) is 0 Å². The highest BCUT2D eigenvalue weighted by Crippen LogP contribution is 2.35. The third kappa shape index (κ3) is 4.57. The predicted molar refractivity (Wildman–Crippen MR) is 129 cm³/mol. The number of carbonyl (C=O) groups is 2. The second-order valence-electron chi connectivity index (χ2n) is 7.17. The maximum absolute atomic E-state index is 12.8. The van der Waals surface area contributed by atoms with E-state index in [1.165, 1.54) is 24.6 Å². The van der Waals surface area contributed by atoms with Crippen molar-refractivity contribution in [1.82, 2.24) is 4.98 Å².